The van der Waals surface area contributed by atoms with Gasteiger partial charge in [0, 0.05) is 33.2 Å². The van der Waals surface area contributed by atoms with Crippen LogP contribution in [0.2, 0.25) is 0 Å². The van der Waals surface area contributed by atoms with Crippen LogP contribution in [0, 0.1) is 0 Å². The summed E-state index contributed by atoms with van der Waals surface area (Å²) in [7, 11) is 0. The number of hydrogen-bond acceptors (Lipinski definition) is 3. The molecule has 0 N–H and O–H groups in total. The minimum absolute atomic E-state index is 0.634. The summed E-state index contributed by atoms with van der Waals surface area (Å²) in [5.74, 6) is 1.92. The highest BCUT2D eigenvalue weighted by atomic mass is 15.0. The second kappa shape index (κ2) is 15.2. The smallest absolute Gasteiger partial charge is 0.164 e. The number of fused-ring (bicyclic) bond motifs is 5. The first-order chi connectivity index (χ1) is 31.2. The summed E-state index contributed by atoms with van der Waals surface area (Å²) in [6, 6.07) is 81.9. The summed E-state index contributed by atoms with van der Waals surface area (Å²) in [5.41, 5.74) is 13.4. The SMILES string of the molecule is c1ccc(-c2ccc3c(c2)c2c(-c4ccccc4)cccc2n3-c2ccc(-c3ccc(-c4nc(-c5ccc6ccccc6c5)nc(-c5ccc6ccccc6c5)n4)cc3)cc2)cc1. The highest BCUT2D eigenvalue weighted by molar-refractivity contribution is 6.16. The molecule has 0 saturated carbocycles. The molecule has 0 atom stereocenters. The lowest BCUT2D eigenvalue weighted by atomic mass is 9.97. The van der Waals surface area contributed by atoms with Crippen molar-refractivity contribution in [3.63, 3.8) is 0 Å². The van der Waals surface area contributed by atoms with Gasteiger partial charge in [0.25, 0.3) is 0 Å². The van der Waals surface area contributed by atoms with Gasteiger partial charge in [-0.1, -0.05) is 188 Å². The summed E-state index contributed by atoms with van der Waals surface area (Å²) in [6.45, 7) is 0. The molecule has 0 radical (unpaired) electrons. The van der Waals surface area contributed by atoms with Crippen LogP contribution in [-0.2, 0) is 0 Å². The molecule has 12 aromatic rings. The van der Waals surface area contributed by atoms with Crippen LogP contribution in [0.4, 0.5) is 0 Å². The molecule has 63 heavy (non-hydrogen) atoms. The van der Waals surface area contributed by atoms with Crippen LogP contribution in [0.1, 0.15) is 0 Å². The average molecular weight is 803 g/mol. The summed E-state index contributed by atoms with van der Waals surface area (Å²) >= 11 is 0. The van der Waals surface area contributed by atoms with E-state index in [0.29, 0.717) is 17.5 Å². The maximum absolute atomic E-state index is 5.08. The van der Waals surface area contributed by atoms with Crippen LogP contribution in [0.3, 0.4) is 0 Å². The molecule has 4 nitrogen and oxygen atoms in total. The van der Waals surface area contributed by atoms with Gasteiger partial charge in [0.05, 0.1) is 11.0 Å². The fourth-order valence-electron chi connectivity index (χ4n) is 9.05. The molecule has 2 aromatic heterocycles. The van der Waals surface area contributed by atoms with Gasteiger partial charge in [0.2, 0.25) is 0 Å². The summed E-state index contributed by atoms with van der Waals surface area (Å²) < 4.78 is 2.40. The molecule has 0 aliphatic carbocycles. The molecule has 0 aliphatic rings. The highest BCUT2D eigenvalue weighted by Gasteiger charge is 2.18. The maximum atomic E-state index is 5.08. The number of hydrogen-bond donors (Lipinski definition) is 0. The van der Waals surface area contributed by atoms with Gasteiger partial charge in [-0.3, -0.25) is 0 Å². The number of nitrogens with zero attached hydrogens (tertiary/aromatic N) is 4. The maximum Gasteiger partial charge on any atom is 0.164 e. The van der Waals surface area contributed by atoms with Crippen molar-refractivity contribution >= 4 is 43.4 Å². The number of benzene rings is 10. The standard InChI is InChI=1S/C59H38N4/c1-3-12-39(13-4-1)48-32-35-54-53(38-48)56-52(44-16-5-2-6-17-44)20-11-21-55(56)63(54)51-33-30-43(31-34-51)42-22-26-45(27-23-42)57-60-58(49-28-24-40-14-7-9-18-46(40)36-49)62-59(61-57)50-29-25-41-15-8-10-19-47(41)37-50/h1-38H. The van der Waals surface area contributed by atoms with Gasteiger partial charge in [-0.25, -0.2) is 15.0 Å². The predicted octanol–water partition coefficient (Wildman–Crippen LogP) is 15.3. The molecule has 10 aromatic carbocycles. The molecule has 4 heteroatoms. The Morgan fingerprint density at radius 3 is 1.33 bits per heavy atom. The first-order valence-corrected chi connectivity index (χ1v) is 21.3. The van der Waals surface area contributed by atoms with Crippen LogP contribution >= 0.6 is 0 Å². The van der Waals surface area contributed by atoms with Crippen LogP contribution in [0.5, 0.6) is 0 Å². The minimum Gasteiger partial charge on any atom is -0.309 e. The van der Waals surface area contributed by atoms with E-state index in [9.17, 15) is 0 Å². The third-order valence-corrected chi connectivity index (χ3v) is 12.2. The van der Waals surface area contributed by atoms with E-state index in [1.54, 1.807) is 0 Å². The Bertz CT molecular complexity index is 3550. The van der Waals surface area contributed by atoms with Crippen molar-refractivity contribution in [2.24, 2.45) is 0 Å². The van der Waals surface area contributed by atoms with Crippen molar-refractivity contribution in [3.8, 4) is 73.2 Å². The molecule has 0 fully saturated rings. The van der Waals surface area contributed by atoms with Crippen molar-refractivity contribution in [1.82, 2.24) is 19.5 Å². The van der Waals surface area contributed by atoms with Crippen LogP contribution < -0.4 is 0 Å². The van der Waals surface area contributed by atoms with Gasteiger partial charge < -0.3 is 4.57 Å². The Hall–Kier alpha value is -8.47. The van der Waals surface area contributed by atoms with Gasteiger partial charge >= 0.3 is 0 Å². The van der Waals surface area contributed by atoms with E-state index in [1.165, 1.54) is 54.8 Å². The normalized spacial score (nSPS) is 11.5. The molecule has 294 valence electrons. The molecular formula is C59H38N4. The van der Waals surface area contributed by atoms with Crippen LogP contribution in [-0.4, -0.2) is 19.5 Å². The summed E-state index contributed by atoms with van der Waals surface area (Å²) in [5, 5.41) is 7.13. The van der Waals surface area contributed by atoms with E-state index >= 15 is 0 Å². The lowest BCUT2D eigenvalue weighted by Crippen LogP contribution is -2.00. The Labute approximate surface area is 365 Å². The third-order valence-electron chi connectivity index (χ3n) is 12.2. The zero-order valence-electron chi connectivity index (χ0n) is 34.2. The Morgan fingerprint density at radius 2 is 0.730 bits per heavy atom. The number of rotatable bonds is 7. The zero-order valence-corrected chi connectivity index (χ0v) is 34.2. The zero-order chi connectivity index (χ0) is 41.7. The average Bonchev–Trinajstić information content (AvgIpc) is 3.70. The van der Waals surface area contributed by atoms with Gasteiger partial charge in [-0.05, 0) is 97.4 Å². The topological polar surface area (TPSA) is 43.6 Å². The Morgan fingerprint density at radius 1 is 0.270 bits per heavy atom. The van der Waals surface area contributed by atoms with Gasteiger partial charge in [-0.2, -0.15) is 0 Å². The van der Waals surface area contributed by atoms with E-state index in [1.807, 2.05) is 0 Å². The van der Waals surface area contributed by atoms with Crippen LogP contribution in [0.25, 0.3) is 117 Å². The molecule has 0 amide bonds. The first kappa shape index (κ1) is 36.4. The summed E-state index contributed by atoms with van der Waals surface area (Å²) in [4.78, 5) is 15.2. The van der Waals surface area contributed by atoms with Crippen LogP contribution in [0.15, 0.2) is 231 Å². The minimum atomic E-state index is 0.634. The van der Waals surface area contributed by atoms with Crippen molar-refractivity contribution in [2.45, 2.75) is 0 Å². The van der Waals surface area contributed by atoms with E-state index in [4.69, 9.17) is 15.0 Å². The van der Waals surface area contributed by atoms with Crippen molar-refractivity contribution in [2.75, 3.05) is 0 Å². The van der Waals surface area contributed by atoms with E-state index in [-0.39, 0.29) is 0 Å². The van der Waals surface area contributed by atoms with Crippen molar-refractivity contribution < 1.29 is 0 Å². The highest BCUT2D eigenvalue weighted by Crippen LogP contribution is 2.40. The van der Waals surface area contributed by atoms with E-state index < -0.39 is 0 Å². The van der Waals surface area contributed by atoms with Gasteiger partial charge in [0.15, 0.2) is 17.5 Å². The molecule has 0 spiro atoms. The van der Waals surface area contributed by atoms with Gasteiger partial charge in [-0.15, -0.1) is 0 Å². The fraction of sp³-hybridized carbons (Fsp3) is 0. The summed E-state index contributed by atoms with van der Waals surface area (Å²) in [6.07, 6.45) is 0. The lowest BCUT2D eigenvalue weighted by molar-refractivity contribution is 1.08. The molecule has 0 aliphatic heterocycles. The van der Waals surface area contributed by atoms with Crippen molar-refractivity contribution in [3.05, 3.63) is 231 Å². The Balaban J connectivity index is 0.922. The fourth-order valence-corrected chi connectivity index (χ4v) is 9.05. The molecular weight excluding hydrogens is 765 g/mol. The van der Waals surface area contributed by atoms with E-state index in [0.717, 1.165) is 44.3 Å². The second-order valence-electron chi connectivity index (χ2n) is 16.1. The second-order valence-corrected chi connectivity index (χ2v) is 16.1. The third kappa shape index (κ3) is 6.62. The quantitative estimate of drug-likeness (QED) is 0.161. The van der Waals surface area contributed by atoms with E-state index in [2.05, 4.69) is 235 Å². The number of aromatic nitrogens is 4. The first-order valence-electron chi connectivity index (χ1n) is 21.3. The molecule has 0 unspecified atom stereocenters. The monoisotopic (exact) mass is 802 g/mol. The van der Waals surface area contributed by atoms with Crippen molar-refractivity contribution in [1.29, 1.82) is 0 Å². The Kier molecular flexibility index (Phi) is 8.79. The predicted molar refractivity (Wildman–Crippen MR) is 262 cm³/mol. The van der Waals surface area contributed by atoms with Gasteiger partial charge in [0.1, 0.15) is 0 Å². The molecule has 2 heterocycles. The molecule has 0 bridgehead atoms. The largest absolute Gasteiger partial charge is 0.309 e. The lowest BCUT2D eigenvalue weighted by Gasteiger charge is -2.11. The molecule has 0 saturated heterocycles. The molecule has 12 rings (SSSR count).